The van der Waals surface area contributed by atoms with Gasteiger partial charge in [-0.3, -0.25) is 14.5 Å². The summed E-state index contributed by atoms with van der Waals surface area (Å²) < 4.78 is 11.1. The molecule has 0 saturated carbocycles. The van der Waals surface area contributed by atoms with Crippen LogP contribution in [0.15, 0.2) is 78.9 Å². The zero-order valence-electron chi connectivity index (χ0n) is 28.7. The van der Waals surface area contributed by atoms with Crippen LogP contribution in [-0.2, 0) is 36.7 Å². The maximum Gasteiger partial charge on any atom is 0.408 e. The van der Waals surface area contributed by atoms with E-state index in [1.807, 2.05) is 18.2 Å². The lowest BCUT2D eigenvalue weighted by Crippen LogP contribution is -2.54. The van der Waals surface area contributed by atoms with Crippen molar-refractivity contribution in [3.8, 4) is 30.6 Å². The van der Waals surface area contributed by atoms with Gasteiger partial charge in [-0.15, -0.1) is 6.42 Å². The van der Waals surface area contributed by atoms with E-state index in [1.54, 1.807) is 90.1 Å². The number of nitrogens with one attached hydrogen (secondary N) is 2. The van der Waals surface area contributed by atoms with Crippen LogP contribution in [0.5, 0.6) is 5.75 Å². The van der Waals surface area contributed by atoms with E-state index in [9.17, 15) is 24.3 Å². The number of terminal acetylenes is 2. The van der Waals surface area contributed by atoms with Crippen LogP contribution in [0.25, 0.3) is 0 Å². The number of alkyl carbamates (subject to hydrolysis) is 1. The van der Waals surface area contributed by atoms with E-state index in [1.165, 1.54) is 12.1 Å². The third kappa shape index (κ3) is 11.5. The molecular weight excluding hydrogens is 622 g/mol. The van der Waals surface area contributed by atoms with Crippen LogP contribution in [0.1, 0.15) is 69.8 Å². The van der Waals surface area contributed by atoms with E-state index >= 15 is 0 Å². The Morgan fingerprint density at radius 1 is 0.755 bits per heavy atom. The second-order valence-corrected chi connectivity index (χ2v) is 13.3. The van der Waals surface area contributed by atoms with Gasteiger partial charge in [0.1, 0.15) is 35.1 Å². The van der Waals surface area contributed by atoms with Gasteiger partial charge in [0.15, 0.2) is 0 Å². The van der Waals surface area contributed by atoms with E-state index in [-0.39, 0.29) is 29.7 Å². The Morgan fingerprint density at radius 3 is 1.88 bits per heavy atom. The number of carbonyl (C=O) groups is 4. The lowest BCUT2D eigenvalue weighted by atomic mass is 9.96. The fourth-order valence-corrected chi connectivity index (χ4v) is 4.88. The molecule has 3 aromatic rings. The number of amides is 3. The standard InChI is InChI=1S/C39H43N3O7/c1-9-28-18-14-15-19-30(28)33(34(44)40-32(36(46)48-38(3,4)5)25-26-16-12-11-13-17-26)42(10-2)35(45)31(41-37(47)49-39(6,7)8)24-27-20-22-29(43)23-21-27/h1-2,11-23,31-33,43H,24-25H2,3-8H3,(H,40,44)(H,41,47). The zero-order chi connectivity index (χ0) is 36.4. The molecule has 0 aliphatic heterocycles. The molecule has 0 fully saturated rings. The number of phenols is 1. The minimum atomic E-state index is -1.53. The number of hydrogen-bond acceptors (Lipinski definition) is 7. The van der Waals surface area contributed by atoms with Gasteiger partial charge in [-0.25, -0.2) is 9.59 Å². The summed E-state index contributed by atoms with van der Waals surface area (Å²) >= 11 is 0. The first-order chi connectivity index (χ1) is 23.0. The van der Waals surface area contributed by atoms with Crippen LogP contribution < -0.4 is 10.6 Å². The topological polar surface area (TPSA) is 134 Å². The van der Waals surface area contributed by atoms with Crippen LogP contribution in [-0.4, -0.2) is 57.2 Å². The number of ether oxygens (including phenoxy) is 2. The monoisotopic (exact) mass is 665 g/mol. The van der Waals surface area contributed by atoms with Gasteiger partial charge in [0.2, 0.25) is 5.91 Å². The first-order valence-corrected chi connectivity index (χ1v) is 15.7. The van der Waals surface area contributed by atoms with Gasteiger partial charge in [-0.05, 0) is 70.9 Å². The Bertz CT molecular complexity index is 1710. The lowest BCUT2D eigenvalue weighted by molar-refractivity contribution is -0.159. The number of rotatable bonds is 11. The SMILES string of the molecule is C#Cc1ccccc1C(C(=O)NC(Cc1ccccc1)C(=O)OC(C)(C)C)N(C#C)C(=O)C(Cc1ccc(O)cc1)NC(=O)OC(C)(C)C. The Labute approximate surface area is 288 Å². The number of benzene rings is 3. The van der Waals surface area contributed by atoms with Gasteiger partial charge in [0, 0.05) is 30.0 Å². The molecule has 0 aliphatic carbocycles. The number of phenolic OH excluding ortho intramolecular Hbond substituents is 1. The molecule has 0 bridgehead atoms. The van der Waals surface area contributed by atoms with Crippen molar-refractivity contribution < 1.29 is 33.8 Å². The molecule has 3 N–H and O–H groups in total. The van der Waals surface area contributed by atoms with Crippen molar-refractivity contribution in [2.75, 3.05) is 0 Å². The molecule has 49 heavy (non-hydrogen) atoms. The molecule has 0 spiro atoms. The van der Waals surface area contributed by atoms with Gasteiger partial charge >= 0.3 is 12.1 Å². The summed E-state index contributed by atoms with van der Waals surface area (Å²) in [5.74, 6) is 0.222. The molecule has 0 heterocycles. The predicted octanol–water partition coefficient (Wildman–Crippen LogP) is 5.04. The summed E-state index contributed by atoms with van der Waals surface area (Å²) in [6.07, 6.45) is 10.9. The molecule has 3 aromatic carbocycles. The largest absolute Gasteiger partial charge is 0.508 e. The zero-order valence-corrected chi connectivity index (χ0v) is 28.7. The van der Waals surface area contributed by atoms with Crippen molar-refractivity contribution in [3.05, 3.63) is 101 Å². The van der Waals surface area contributed by atoms with Crippen molar-refractivity contribution in [1.82, 2.24) is 15.5 Å². The highest BCUT2D eigenvalue weighted by molar-refractivity contribution is 5.95. The van der Waals surface area contributed by atoms with Crippen LogP contribution in [0.4, 0.5) is 4.79 Å². The van der Waals surface area contributed by atoms with Crippen molar-refractivity contribution in [3.63, 3.8) is 0 Å². The molecule has 10 heteroatoms. The molecule has 3 rings (SSSR count). The summed E-state index contributed by atoms with van der Waals surface area (Å²) in [4.78, 5) is 56.1. The highest BCUT2D eigenvalue weighted by atomic mass is 16.6. The highest BCUT2D eigenvalue weighted by Crippen LogP contribution is 2.27. The maximum absolute atomic E-state index is 14.4. The van der Waals surface area contributed by atoms with E-state index in [2.05, 4.69) is 22.6 Å². The minimum Gasteiger partial charge on any atom is -0.508 e. The van der Waals surface area contributed by atoms with Crippen molar-refractivity contribution in [2.24, 2.45) is 0 Å². The van der Waals surface area contributed by atoms with Crippen molar-refractivity contribution in [1.29, 1.82) is 0 Å². The number of aromatic hydroxyl groups is 1. The van der Waals surface area contributed by atoms with E-state index in [0.717, 1.165) is 10.5 Å². The second-order valence-electron chi connectivity index (χ2n) is 13.3. The minimum absolute atomic E-state index is 0.00894. The molecule has 0 aromatic heterocycles. The van der Waals surface area contributed by atoms with Gasteiger partial charge in [0.25, 0.3) is 5.91 Å². The molecule has 10 nitrogen and oxygen atoms in total. The highest BCUT2D eigenvalue weighted by Gasteiger charge is 2.39. The third-order valence-corrected chi connectivity index (χ3v) is 6.95. The fraction of sp³-hybridized carbons (Fsp3) is 0.333. The van der Waals surface area contributed by atoms with E-state index in [4.69, 9.17) is 22.3 Å². The number of hydrogen-bond donors (Lipinski definition) is 3. The molecule has 3 atom stereocenters. The third-order valence-electron chi connectivity index (χ3n) is 6.95. The second kappa shape index (κ2) is 16.4. The molecular formula is C39H43N3O7. The first-order valence-electron chi connectivity index (χ1n) is 15.7. The van der Waals surface area contributed by atoms with Crippen molar-refractivity contribution in [2.45, 2.75) is 83.7 Å². The molecule has 3 unspecified atom stereocenters. The van der Waals surface area contributed by atoms with Gasteiger partial charge in [0.05, 0.1) is 0 Å². The van der Waals surface area contributed by atoms with Gasteiger partial charge < -0.3 is 25.2 Å². The Hall–Kier alpha value is -5.74. The summed E-state index contributed by atoms with van der Waals surface area (Å²) in [5, 5.41) is 15.1. The maximum atomic E-state index is 14.4. The van der Waals surface area contributed by atoms with Crippen LogP contribution in [0.2, 0.25) is 0 Å². The summed E-state index contributed by atoms with van der Waals surface area (Å²) in [6, 6.07) is 19.9. The van der Waals surface area contributed by atoms with Gasteiger partial charge in [-0.2, -0.15) is 0 Å². The fourth-order valence-electron chi connectivity index (χ4n) is 4.88. The normalized spacial score (nSPS) is 13.0. The Morgan fingerprint density at radius 2 is 1.31 bits per heavy atom. The van der Waals surface area contributed by atoms with E-state index < -0.39 is 53.2 Å². The number of carbonyl (C=O) groups excluding carboxylic acids is 4. The van der Waals surface area contributed by atoms with Crippen LogP contribution in [0.3, 0.4) is 0 Å². The predicted molar refractivity (Wildman–Crippen MR) is 186 cm³/mol. The Kier molecular flexibility index (Phi) is 12.6. The van der Waals surface area contributed by atoms with E-state index in [0.29, 0.717) is 5.56 Å². The number of esters is 1. The molecule has 0 radical (unpaired) electrons. The summed E-state index contributed by atoms with van der Waals surface area (Å²) in [6.45, 7) is 10.1. The Balaban J connectivity index is 2.10. The summed E-state index contributed by atoms with van der Waals surface area (Å²) in [7, 11) is 0. The molecule has 0 aliphatic rings. The first kappa shape index (κ1) is 37.7. The molecule has 0 saturated heterocycles. The lowest BCUT2D eigenvalue weighted by Gasteiger charge is -2.32. The van der Waals surface area contributed by atoms with Crippen LogP contribution >= 0.6 is 0 Å². The number of nitrogens with zero attached hydrogens (tertiary/aromatic N) is 1. The average molecular weight is 666 g/mol. The smallest absolute Gasteiger partial charge is 0.408 e. The average Bonchev–Trinajstić information content (AvgIpc) is 3.02. The molecule has 256 valence electrons. The van der Waals surface area contributed by atoms with Gasteiger partial charge in [-0.1, -0.05) is 73.0 Å². The van der Waals surface area contributed by atoms with Crippen molar-refractivity contribution >= 4 is 23.9 Å². The summed E-state index contributed by atoms with van der Waals surface area (Å²) in [5.41, 5.74) is 0.0783. The van der Waals surface area contributed by atoms with Crippen LogP contribution in [0, 0.1) is 24.8 Å². The molecule has 3 amide bonds. The quantitative estimate of drug-likeness (QED) is 0.149.